The van der Waals surface area contributed by atoms with Crippen LogP contribution in [0.1, 0.15) is 18.1 Å². The third-order valence-corrected chi connectivity index (χ3v) is 3.96. The van der Waals surface area contributed by atoms with Gasteiger partial charge in [-0.3, -0.25) is 9.78 Å². The van der Waals surface area contributed by atoms with Gasteiger partial charge in [0.15, 0.2) is 0 Å². The van der Waals surface area contributed by atoms with E-state index < -0.39 is 0 Å². The first kappa shape index (κ1) is 15.8. The van der Waals surface area contributed by atoms with E-state index in [9.17, 15) is 4.79 Å². The van der Waals surface area contributed by atoms with Crippen LogP contribution in [0.4, 0.5) is 0 Å². The van der Waals surface area contributed by atoms with Gasteiger partial charge in [-0.15, -0.1) is 0 Å². The topological polar surface area (TPSA) is 33.2 Å². The first-order valence-corrected chi connectivity index (χ1v) is 7.47. The fraction of sp³-hybridized carbons (Fsp3) is 0.250. The molecular formula is C16H16Cl2N2O. The Hall–Kier alpha value is -1.58. The van der Waals surface area contributed by atoms with Gasteiger partial charge in [0, 0.05) is 35.5 Å². The molecule has 0 aliphatic rings. The van der Waals surface area contributed by atoms with Crippen molar-refractivity contribution in [1.29, 1.82) is 0 Å². The molecule has 1 aromatic carbocycles. The zero-order chi connectivity index (χ0) is 15.2. The van der Waals surface area contributed by atoms with Crippen molar-refractivity contribution in [3.05, 3.63) is 63.9 Å². The lowest BCUT2D eigenvalue weighted by atomic mass is 10.1. The summed E-state index contributed by atoms with van der Waals surface area (Å²) >= 11 is 12.2. The molecule has 0 radical (unpaired) electrons. The van der Waals surface area contributed by atoms with E-state index in [1.807, 2.05) is 19.1 Å². The number of hydrogen-bond acceptors (Lipinski definition) is 2. The molecule has 0 unspecified atom stereocenters. The van der Waals surface area contributed by atoms with Gasteiger partial charge >= 0.3 is 0 Å². The Labute approximate surface area is 134 Å². The van der Waals surface area contributed by atoms with E-state index in [4.69, 9.17) is 23.2 Å². The maximum atomic E-state index is 12.4. The van der Waals surface area contributed by atoms with Crippen molar-refractivity contribution in [2.24, 2.45) is 0 Å². The molecule has 110 valence electrons. The number of benzene rings is 1. The number of halogens is 2. The monoisotopic (exact) mass is 322 g/mol. The Bertz CT molecular complexity index is 597. The maximum absolute atomic E-state index is 12.4. The minimum absolute atomic E-state index is 0.00399. The van der Waals surface area contributed by atoms with E-state index in [0.717, 1.165) is 5.56 Å². The third kappa shape index (κ3) is 4.19. The molecule has 1 amide bonds. The summed E-state index contributed by atoms with van der Waals surface area (Å²) in [6.07, 6.45) is 3.65. The summed E-state index contributed by atoms with van der Waals surface area (Å²) < 4.78 is 0. The second-order valence-electron chi connectivity index (χ2n) is 4.64. The minimum Gasteiger partial charge on any atom is -0.338 e. The molecule has 1 heterocycles. The van der Waals surface area contributed by atoms with Crippen molar-refractivity contribution in [2.45, 2.75) is 19.9 Å². The van der Waals surface area contributed by atoms with Gasteiger partial charge in [0.25, 0.3) is 0 Å². The molecule has 0 aliphatic carbocycles. The molecule has 0 aliphatic heterocycles. The summed E-state index contributed by atoms with van der Waals surface area (Å²) in [5, 5.41) is 1.05. The fourth-order valence-electron chi connectivity index (χ4n) is 2.05. The third-order valence-electron chi connectivity index (χ3n) is 3.25. The molecule has 0 saturated heterocycles. The van der Waals surface area contributed by atoms with Gasteiger partial charge in [-0.25, -0.2) is 0 Å². The smallest absolute Gasteiger partial charge is 0.227 e. The number of aromatic nitrogens is 1. The van der Waals surface area contributed by atoms with E-state index in [1.54, 1.807) is 35.5 Å². The summed E-state index contributed by atoms with van der Waals surface area (Å²) in [6.45, 7) is 3.14. The molecular weight excluding hydrogens is 307 g/mol. The van der Waals surface area contributed by atoms with Gasteiger partial charge in [0.05, 0.1) is 6.42 Å². The number of nitrogens with zero attached hydrogens (tertiary/aromatic N) is 2. The summed E-state index contributed by atoms with van der Waals surface area (Å²) in [5.74, 6) is 0.00399. The SMILES string of the molecule is CCN(Cc1ccncc1)C(=O)Cc1c(Cl)cccc1Cl. The normalized spacial score (nSPS) is 10.4. The zero-order valence-electron chi connectivity index (χ0n) is 11.7. The average molecular weight is 323 g/mol. The Kier molecular flexibility index (Phi) is 5.59. The van der Waals surface area contributed by atoms with E-state index >= 15 is 0 Å². The predicted molar refractivity (Wildman–Crippen MR) is 85.5 cm³/mol. The molecule has 0 saturated carbocycles. The maximum Gasteiger partial charge on any atom is 0.227 e. The van der Waals surface area contributed by atoms with Crippen LogP contribution in [0.5, 0.6) is 0 Å². The number of carbonyl (C=O) groups is 1. The Balaban J connectivity index is 2.10. The van der Waals surface area contributed by atoms with Crippen LogP contribution >= 0.6 is 23.2 Å². The van der Waals surface area contributed by atoms with Gasteiger partial charge in [0.2, 0.25) is 5.91 Å². The van der Waals surface area contributed by atoms with Crippen molar-refractivity contribution >= 4 is 29.1 Å². The van der Waals surface area contributed by atoms with E-state index in [1.165, 1.54) is 0 Å². The van der Waals surface area contributed by atoms with Crippen LogP contribution in [0.2, 0.25) is 10.0 Å². The van der Waals surface area contributed by atoms with Gasteiger partial charge in [0.1, 0.15) is 0 Å². The molecule has 0 fully saturated rings. The summed E-state index contributed by atoms with van der Waals surface area (Å²) in [5.41, 5.74) is 1.73. The molecule has 21 heavy (non-hydrogen) atoms. The average Bonchev–Trinajstić information content (AvgIpc) is 2.49. The lowest BCUT2D eigenvalue weighted by Crippen LogP contribution is -2.31. The highest BCUT2D eigenvalue weighted by Crippen LogP contribution is 2.25. The lowest BCUT2D eigenvalue weighted by Gasteiger charge is -2.21. The highest BCUT2D eigenvalue weighted by Gasteiger charge is 2.16. The predicted octanol–water partition coefficient (Wildman–Crippen LogP) is 3.98. The van der Waals surface area contributed by atoms with Crippen molar-refractivity contribution < 1.29 is 4.79 Å². The fourth-order valence-corrected chi connectivity index (χ4v) is 2.58. The van der Waals surface area contributed by atoms with Gasteiger partial charge in [-0.1, -0.05) is 29.3 Å². The summed E-state index contributed by atoms with van der Waals surface area (Å²) in [7, 11) is 0. The number of amides is 1. The van der Waals surface area contributed by atoms with Gasteiger partial charge in [-0.05, 0) is 42.3 Å². The number of likely N-dealkylation sites (N-methyl/N-ethyl adjacent to an activating group) is 1. The highest BCUT2D eigenvalue weighted by atomic mass is 35.5. The van der Waals surface area contributed by atoms with Crippen LogP contribution in [0, 0.1) is 0 Å². The minimum atomic E-state index is 0.00399. The second kappa shape index (κ2) is 7.43. The largest absolute Gasteiger partial charge is 0.338 e. The highest BCUT2D eigenvalue weighted by molar-refractivity contribution is 6.36. The summed E-state index contributed by atoms with van der Waals surface area (Å²) in [6, 6.07) is 9.06. The molecule has 3 nitrogen and oxygen atoms in total. The van der Waals surface area contributed by atoms with Crippen LogP contribution in [-0.2, 0) is 17.8 Å². The van der Waals surface area contributed by atoms with Crippen LogP contribution in [0.25, 0.3) is 0 Å². The summed E-state index contributed by atoms with van der Waals surface area (Å²) in [4.78, 5) is 18.2. The van der Waals surface area contributed by atoms with Crippen molar-refractivity contribution in [3.63, 3.8) is 0 Å². The van der Waals surface area contributed by atoms with Gasteiger partial charge in [-0.2, -0.15) is 0 Å². The molecule has 2 rings (SSSR count). The number of carbonyl (C=O) groups excluding carboxylic acids is 1. The molecule has 2 aromatic rings. The van der Waals surface area contributed by atoms with Crippen molar-refractivity contribution in [3.8, 4) is 0 Å². The van der Waals surface area contributed by atoms with Crippen LogP contribution in [0.15, 0.2) is 42.7 Å². The first-order chi connectivity index (χ1) is 10.1. The van der Waals surface area contributed by atoms with Crippen molar-refractivity contribution in [1.82, 2.24) is 9.88 Å². The van der Waals surface area contributed by atoms with Crippen LogP contribution in [0.3, 0.4) is 0 Å². The number of rotatable bonds is 5. The first-order valence-electron chi connectivity index (χ1n) is 6.71. The van der Waals surface area contributed by atoms with Gasteiger partial charge < -0.3 is 4.90 Å². The van der Waals surface area contributed by atoms with Crippen molar-refractivity contribution in [2.75, 3.05) is 6.54 Å². The van der Waals surface area contributed by atoms with Crippen LogP contribution in [-0.4, -0.2) is 22.3 Å². The molecule has 0 spiro atoms. The van der Waals surface area contributed by atoms with Crippen LogP contribution < -0.4 is 0 Å². The Morgan fingerprint density at radius 2 is 1.76 bits per heavy atom. The zero-order valence-corrected chi connectivity index (χ0v) is 13.2. The molecule has 5 heteroatoms. The standard InChI is InChI=1S/C16H16Cl2N2O/c1-2-20(11-12-6-8-19-9-7-12)16(21)10-13-14(17)4-3-5-15(13)18/h3-9H,2,10-11H2,1H3. The van der Waals surface area contributed by atoms with E-state index in [0.29, 0.717) is 28.7 Å². The molecule has 1 aromatic heterocycles. The molecule has 0 atom stereocenters. The lowest BCUT2D eigenvalue weighted by molar-refractivity contribution is -0.130. The van der Waals surface area contributed by atoms with E-state index in [-0.39, 0.29) is 12.3 Å². The van der Waals surface area contributed by atoms with E-state index in [2.05, 4.69) is 4.98 Å². The Morgan fingerprint density at radius 3 is 2.33 bits per heavy atom. The Morgan fingerprint density at radius 1 is 1.14 bits per heavy atom. The molecule has 0 bridgehead atoms. The second-order valence-corrected chi connectivity index (χ2v) is 5.45. The number of hydrogen-bond donors (Lipinski definition) is 0. The number of pyridine rings is 1. The molecule has 0 N–H and O–H groups in total. The quantitative estimate of drug-likeness (QED) is 0.834.